The quantitative estimate of drug-likeness (QED) is 0.686. The Morgan fingerprint density at radius 1 is 1.23 bits per heavy atom. The SMILES string of the molecule is CC(C)(C)NC(=O)NC(=O)COC(=O)C[C@@H]1Sc2ccccc2NC1=O. The third-order valence-corrected chi connectivity index (χ3v) is 4.44. The molecule has 1 aromatic carbocycles. The minimum absolute atomic E-state index is 0.174. The lowest BCUT2D eigenvalue weighted by Gasteiger charge is -2.23. The van der Waals surface area contributed by atoms with Crippen LogP contribution < -0.4 is 16.0 Å². The molecule has 0 saturated carbocycles. The zero-order valence-electron chi connectivity index (χ0n) is 14.8. The number of amides is 4. The number of hydrogen-bond donors (Lipinski definition) is 3. The highest BCUT2D eigenvalue weighted by atomic mass is 32.2. The molecule has 2 rings (SSSR count). The van der Waals surface area contributed by atoms with Gasteiger partial charge in [0.2, 0.25) is 5.91 Å². The van der Waals surface area contributed by atoms with Crippen molar-refractivity contribution in [2.45, 2.75) is 42.9 Å². The van der Waals surface area contributed by atoms with Crippen LogP contribution in [0.15, 0.2) is 29.2 Å². The van der Waals surface area contributed by atoms with Crippen LogP contribution in [-0.2, 0) is 19.1 Å². The second-order valence-corrected chi connectivity index (χ2v) is 7.95. The van der Waals surface area contributed by atoms with Gasteiger partial charge < -0.3 is 15.4 Å². The summed E-state index contributed by atoms with van der Waals surface area (Å²) >= 11 is 1.27. The number of thioether (sulfide) groups is 1. The van der Waals surface area contributed by atoms with E-state index >= 15 is 0 Å². The van der Waals surface area contributed by atoms with Crippen LogP contribution in [0.4, 0.5) is 10.5 Å². The van der Waals surface area contributed by atoms with Crippen molar-refractivity contribution in [3.05, 3.63) is 24.3 Å². The van der Waals surface area contributed by atoms with E-state index in [9.17, 15) is 19.2 Å². The van der Waals surface area contributed by atoms with Crippen LogP contribution in [0.2, 0.25) is 0 Å². The molecule has 0 spiro atoms. The van der Waals surface area contributed by atoms with Crippen molar-refractivity contribution in [3.63, 3.8) is 0 Å². The number of nitrogens with one attached hydrogen (secondary N) is 3. The number of rotatable bonds is 4. The molecule has 1 atom stereocenters. The van der Waals surface area contributed by atoms with Gasteiger partial charge in [-0.25, -0.2) is 4.79 Å². The van der Waals surface area contributed by atoms with Gasteiger partial charge in [-0.2, -0.15) is 0 Å². The molecule has 3 N–H and O–H groups in total. The van der Waals surface area contributed by atoms with Crippen molar-refractivity contribution in [1.82, 2.24) is 10.6 Å². The zero-order valence-corrected chi connectivity index (χ0v) is 15.6. The Bertz CT molecular complexity index is 729. The number of carbonyl (C=O) groups is 4. The largest absolute Gasteiger partial charge is 0.456 e. The number of urea groups is 1. The van der Waals surface area contributed by atoms with Crippen molar-refractivity contribution < 1.29 is 23.9 Å². The van der Waals surface area contributed by atoms with Crippen LogP contribution in [0.25, 0.3) is 0 Å². The standard InChI is InChI=1S/C17H21N3O5S/c1-17(2,3)20-16(24)19-13(21)9-25-14(22)8-12-15(23)18-10-6-4-5-7-11(10)26-12/h4-7,12H,8-9H2,1-3H3,(H,18,23)(H2,19,20,21,24)/t12-/m0/s1. The molecule has 140 valence electrons. The lowest BCUT2D eigenvalue weighted by molar-refractivity contribution is -0.148. The van der Waals surface area contributed by atoms with Gasteiger partial charge >= 0.3 is 12.0 Å². The van der Waals surface area contributed by atoms with E-state index < -0.39 is 35.3 Å². The van der Waals surface area contributed by atoms with Crippen molar-refractivity contribution in [3.8, 4) is 0 Å². The van der Waals surface area contributed by atoms with Gasteiger partial charge in [0.15, 0.2) is 6.61 Å². The predicted molar refractivity (Wildman–Crippen MR) is 96.7 cm³/mol. The molecule has 1 aliphatic heterocycles. The van der Waals surface area contributed by atoms with Crippen molar-refractivity contribution >= 4 is 41.3 Å². The third kappa shape index (κ3) is 6.07. The first-order valence-corrected chi connectivity index (χ1v) is 8.86. The average Bonchev–Trinajstić information content (AvgIpc) is 2.51. The fraction of sp³-hybridized carbons (Fsp3) is 0.412. The van der Waals surface area contributed by atoms with Gasteiger partial charge in [-0.05, 0) is 32.9 Å². The summed E-state index contributed by atoms with van der Waals surface area (Å²) in [5.74, 6) is -1.73. The summed E-state index contributed by atoms with van der Waals surface area (Å²) in [4.78, 5) is 48.0. The molecule has 1 heterocycles. The van der Waals surface area contributed by atoms with Crippen LogP contribution in [0, 0.1) is 0 Å². The molecule has 0 aromatic heterocycles. The molecule has 1 aromatic rings. The van der Waals surface area contributed by atoms with Gasteiger partial charge in [0.05, 0.1) is 17.4 Å². The first kappa shape index (κ1) is 19.8. The Hall–Kier alpha value is -2.55. The van der Waals surface area contributed by atoms with Crippen molar-refractivity contribution in [1.29, 1.82) is 0 Å². The highest BCUT2D eigenvalue weighted by molar-refractivity contribution is 8.01. The molecule has 0 saturated heterocycles. The smallest absolute Gasteiger partial charge is 0.321 e. The number of imide groups is 1. The second kappa shape index (κ2) is 8.22. The maximum atomic E-state index is 12.0. The molecule has 0 bridgehead atoms. The summed E-state index contributed by atoms with van der Waals surface area (Å²) in [5.41, 5.74) is 0.208. The summed E-state index contributed by atoms with van der Waals surface area (Å²) in [5, 5.41) is 6.71. The number of hydrogen-bond acceptors (Lipinski definition) is 6. The predicted octanol–water partition coefficient (Wildman–Crippen LogP) is 1.66. The molecule has 8 nitrogen and oxygen atoms in total. The number of esters is 1. The topological polar surface area (TPSA) is 114 Å². The maximum absolute atomic E-state index is 12.0. The van der Waals surface area contributed by atoms with E-state index in [4.69, 9.17) is 4.74 Å². The lowest BCUT2D eigenvalue weighted by atomic mass is 10.1. The first-order chi connectivity index (χ1) is 12.1. The molecule has 0 fully saturated rings. The van der Waals surface area contributed by atoms with E-state index in [0.29, 0.717) is 5.69 Å². The zero-order chi connectivity index (χ0) is 19.3. The van der Waals surface area contributed by atoms with Crippen LogP contribution in [0.5, 0.6) is 0 Å². The van der Waals surface area contributed by atoms with Crippen LogP contribution in [0.3, 0.4) is 0 Å². The van der Waals surface area contributed by atoms with Gasteiger partial charge in [0.1, 0.15) is 0 Å². The molecular formula is C17H21N3O5S. The molecule has 9 heteroatoms. The van der Waals surface area contributed by atoms with E-state index in [-0.39, 0.29) is 12.3 Å². The highest BCUT2D eigenvalue weighted by Gasteiger charge is 2.29. The summed E-state index contributed by atoms with van der Waals surface area (Å²) in [6.45, 7) is 4.71. The number of anilines is 1. The van der Waals surface area contributed by atoms with Crippen LogP contribution in [-0.4, -0.2) is 41.2 Å². The van der Waals surface area contributed by atoms with Gasteiger partial charge in [-0.1, -0.05) is 12.1 Å². The normalized spacial score (nSPS) is 16.1. The molecule has 4 amide bonds. The number of fused-ring (bicyclic) bond motifs is 1. The Labute approximate surface area is 155 Å². The summed E-state index contributed by atoms with van der Waals surface area (Å²) in [7, 11) is 0. The summed E-state index contributed by atoms with van der Waals surface area (Å²) < 4.78 is 4.85. The molecule has 26 heavy (non-hydrogen) atoms. The van der Waals surface area contributed by atoms with E-state index in [1.165, 1.54) is 11.8 Å². The number of benzene rings is 1. The minimum Gasteiger partial charge on any atom is -0.456 e. The van der Waals surface area contributed by atoms with Crippen LogP contribution in [0.1, 0.15) is 27.2 Å². The molecule has 0 unspecified atom stereocenters. The molecule has 0 aliphatic carbocycles. The minimum atomic E-state index is -0.744. The fourth-order valence-corrected chi connectivity index (χ4v) is 3.21. The molecular weight excluding hydrogens is 358 g/mol. The fourth-order valence-electron chi connectivity index (χ4n) is 2.12. The van der Waals surface area contributed by atoms with E-state index in [1.54, 1.807) is 26.8 Å². The lowest BCUT2D eigenvalue weighted by Crippen LogP contribution is -2.49. The maximum Gasteiger partial charge on any atom is 0.321 e. The third-order valence-electron chi connectivity index (χ3n) is 3.16. The first-order valence-electron chi connectivity index (χ1n) is 7.98. The second-order valence-electron chi connectivity index (χ2n) is 6.71. The van der Waals surface area contributed by atoms with Gasteiger partial charge in [-0.3, -0.25) is 19.7 Å². The van der Waals surface area contributed by atoms with Crippen molar-refractivity contribution in [2.24, 2.45) is 0 Å². The van der Waals surface area contributed by atoms with Crippen LogP contribution >= 0.6 is 11.8 Å². The molecule has 1 aliphatic rings. The Kier molecular flexibility index (Phi) is 6.25. The average molecular weight is 379 g/mol. The highest BCUT2D eigenvalue weighted by Crippen LogP contribution is 2.36. The van der Waals surface area contributed by atoms with E-state index in [2.05, 4.69) is 16.0 Å². The van der Waals surface area contributed by atoms with E-state index in [1.807, 2.05) is 18.2 Å². The Morgan fingerprint density at radius 3 is 2.62 bits per heavy atom. The number of para-hydroxylation sites is 1. The van der Waals surface area contributed by atoms with Gasteiger partial charge in [0.25, 0.3) is 5.91 Å². The Morgan fingerprint density at radius 2 is 1.92 bits per heavy atom. The summed E-state index contributed by atoms with van der Waals surface area (Å²) in [6.07, 6.45) is -0.174. The van der Waals surface area contributed by atoms with Gasteiger partial charge in [-0.15, -0.1) is 11.8 Å². The van der Waals surface area contributed by atoms with Gasteiger partial charge in [0, 0.05) is 10.4 Å². The molecule has 0 radical (unpaired) electrons. The van der Waals surface area contributed by atoms with Crippen molar-refractivity contribution in [2.75, 3.05) is 11.9 Å². The number of carbonyl (C=O) groups excluding carboxylic acids is 4. The summed E-state index contributed by atoms with van der Waals surface area (Å²) in [6, 6.07) is 6.60. The van der Waals surface area contributed by atoms with E-state index in [0.717, 1.165) is 4.90 Å². The monoisotopic (exact) mass is 379 g/mol. The number of ether oxygens (including phenoxy) is 1. The Balaban J connectivity index is 1.78.